The van der Waals surface area contributed by atoms with Gasteiger partial charge in [-0.2, -0.15) is 0 Å². The first kappa shape index (κ1) is 18.5. The van der Waals surface area contributed by atoms with Gasteiger partial charge in [-0.05, 0) is 54.7 Å². The summed E-state index contributed by atoms with van der Waals surface area (Å²) in [6.07, 6.45) is 12.6. The second kappa shape index (κ2) is 10.1. The standard InChI is InChI=1S/C21H34O2/c1-2-20-14-18(8-9-19(15-22)16-23)11-13-21(20)12-10-17-6-4-3-5-7-17/h11,13-14,17,19,22-23H,2-10,12,15-16H2,1H3. The Hall–Kier alpha value is -0.860. The maximum atomic E-state index is 9.18. The van der Waals surface area contributed by atoms with E-state index >= 15 is 0 Å². The molecular formula is C21H34O2. The van der Waals surface area contributed by atoms with E-state index in [1.54, 1.807) is 0 Å². The van der Waals surface area contributed by atoms with Crippen molar-refractivity contribution in [2.75, 3.05) is 13.2 Å². The van der Waals surface area contributed by atoms with E-state index in [1.807, 2.05) is 0 Å². The van der Waals surface area contributed by atoms with E-state index in [-0.39, 0.29) is 19.1 Å². The summed E-state index contributed by atoms with van der Waals surface area (Å²) in [7, 11) is 0. The van der Waals surface area contributed by atoms with Gasteiger partial charge in [0.2, 0.25) is 0 Å². The van der Waals surface area contributed by atoms with E-state index in [1.165, 1.54) is 61.6 Å². The lowest BCUT2D eigenvalue weighted by Crippen LogP contribution is -2.12. The molecule has 1 aromatic carbocycles. The molecule has 1 saturated carbocycles. The molecule has 1 aliphatic carbocycles. The number of rotatable bonds is 9. The molecule has 0 saturated heterocycles. The van der Waals surface area contributed by atoms with Crippen LogP contribution in [0.15, 0.2) is 18.2 Å². The number of hydrogen-bond donors (Lipinski definition) is 2. The minimum absolute atomic E-state index is 0.0195. The Morgan fingerprint density at radius 1 is 1.00 bits per heavy atom. The van der Waals surface area contributed by atoms with Crippen LogP contribution in [0, 0.1) is 11.8 Å². The fourth-order valence-electron chi connectivity index (χ4n) is 3.85. The molecule has 0 spiro atoms. The first-order valence-corrected chi connectivity index (χ1v) is 9.59. The zero-order valence-electron chi connectivity index (χ0n) is 14.8. The van der Waals surface area contributed by atoms with E-state index in [0.29, 0.717) is 0 Å². The first-order chi connectivity index (χ1) is 11.3. The van der Waals surface area contributed by atoms with Gasteiger partial charge in [0.15, 0.2) is 0 Å². The molecule has 0 amide bonds. The fourth-order valence-corrected chi connectivity index (χ4v) is 3.85. The molecule has 2 nitrogen and oxygen atoms in total. The van der Waals surface area contributed by atoms with Crippen LogP contribution >= 0.6 is 0 Å². The first-order valence-electron chi connectivity index (χ1n) is 9.59. The van der Waals surface area contributed by atoms with Crippen molar-refractivity contribution in [2.45, 2.75) is 71.1 Å². The van der Waals surface area contributed by atoms with Crippen molar-refractivity contribution in [1.82, 2.24) is 0 Å². The molecule has 1 fully saturated rings. The van der Waals surface area contributed by atoms with Crippen molar-refractivity contribution in [3.8, 4) is 0 Å². The van der Waals surface area contributed by atoms with E-state index in [0.717, 1.165) is 25.2 Å². The molecular weight excluding hydrogens is 284 g/mol. The van der Waals surface area contributed by atoms with Gasteiger partial charge in [-0.25, -0.2) is 0 Å². The van der Waals surface area contributed by atoms with E-state index in [2.05, 4.69) is 25.1 Å². The molecule has 0 aromatic heterocycles. The Labute approximate surface area is 141 Å². The Kier molecular flexibility index (Phi) is 8.11. The van der Waals surface area contributed by atoms with Crippen molar-refractivity contribution in [3.63, 3.8) is 0 Å². The van der Waals surface area contributed by atoms with Crippen molar-refractivity contribution in [2.24, 2.45) is 11.8 Å². The van der Waals surface area contributed by atoms with Crippen LogP contribution in [0.2, 0.25) is 0 Å². The second-order valence-electron chi connectivity index (χ2n) is 7.27. The fraction of sp³-hybridized carbons (Fsp3) is 0.714. The van der Waals surface area contributed by atoms with Gasteiger partial charge in [-0.1, -0.05) is 57.2 Å². The largest absolute Gasteiger partial charge is 0.396 e. The highest BCUT2D eigenvalue weighted by Gasteiger charge is 2.14. The molecule has 0 atom stereocenters. The molecule has 2 rings (SSSR count). The number of aliphatic hydroxyl groups excluding tert-OH is 2. The molecule has 0 aliphatic heterocycles. The predicted molar refractivity (Wildman–Crippen MR) is 96.7 cm³/mol. The van der Waals surface area contributed by atoms with Crippen molar-refractivity contribution >= 4 is 0 Å². The molecule has 1 aliphatic rings. The van der Waals surface area contributed by atoms with E-state index in [9.17, 15) is 10.2 Å². The average Bonchev–Trinajstić information content (AvgIpc) is 2.62. The molecule has 2 N–H and O–H groups in total. The summed E-state index contributed by atoms with van der Waals surface area (Å²) in [5.41, 5.74) is 4.36. The summed E-state index contributed by atoms with van der Waals surface area (Å²) >= 11 is 0. The van der Waals surface area contributed by atoms with Gasteiger partial charge < -0.3 is 10.2 Å². The van der Waals surface area contributed by atoms with Crippen molar-refractivity contribution in [1.29, 1.82) is 0 Å². The SMILES string of the molecule is CCc1cc(CCC(CO)CO)ccc1CCC1CCCCC1. The lowest BCUT2D eigenvalue weighted by molar-refractivity contribution is 0.144. The van der Waals surface area contributed by atoms with Crippen LogP contribution in [0.25, 0.3) is 0 Å². The molecule has 0 unspecified atom stereocenters. The smallest absolute Gasteiger partial charge is 0.0481 e. The zero-order chi connectivity index (χ0) is 16.5. The molecule has 130 valence electrons. The highest BCUT2D eigenvalue weighted by molar-refractivity contribution is 5.32. The molecule has 1 aromatic rings. The summed E-state index contributed by atoms with van der Waals surface area (Å²) in [6.45, 7) is 2.40. The van der Waals surface area contributed by atoms with Crippen LogP contribution in [0.1, 0.15) is 68.6 Å². The summed E-state index contributed by atoms with van der Waals surface area (Å²) in [4.78, 5) is 0. The molecule has 0 heterocycles. The summed E-state index contributed by atoms with van der Waals surface area (Å²) in [6, 6.07) is 6.92. The highest BCUT2D eigenvalue weighted by Crippen LogP contribution is 2.28. The van der Waals surface area contributed by atoms with Gasteiger partial charge >= 0.3 is 0 Å². The molecule has 0 bridgehead atoms. The third-order valence-electron chi connectivity index (χ3n) is 5.56. The van der Waals surface area contributed by atoms with Crippen LogP contribution < -0.4 is 0 Å². The van der Waals surface area contributed by atoms with Gasteiger partial charge in [0, 0.05) is 19.1 Å². The Bertz CT molecular complexity index is 445. The van der Waals surface area contributed by atoms with Gasteiger partial charge in [0.1, 0.15) is 0 Å². The van der Waals surface area contributed by atoms with Gasteiger partial charge in [-0.3, -0.25) is 0 Å². The lowest BCUT2D eigenvalue weighted by atomic mass is 9.84. The normalized spacial score (nSPS) is 16.2. The minimum Gasteiger partial charge on any atom is -0.396 e. The maximum absolute atomic E-state index is 9.18. The van der Waals surface area contributed by atoms with Crippen LogP contribution in [-0.2, 0) is 19.3 Å². The number of aliphatic hydroxyl groups is 2. The topological polar surface area (TPSA) is 40.5 Å². The summed E-state index contributed by atoms with van der Waals surface area (Å²) in [5.74, 6) is 0.967. The van der Waals surface area contributed by atoms with Crippen LogP contribution in [0.3, 0.4) is 0 Å². The van der Waals surface area contributed by atoms with Crippen molar-refractivity contribution < 1.29 is 10.2 Å². The van der Waals surface area contributed by atoms with Gasteiger partial charge in [0.25, 0.3) is 0 Å². The van der Waals surface area contributed by atoms with E-state index in [4.69, 9.17) is 0 Å². The monoisotopic (exact) mass is 318 g/mol. The van der Waals surface area contributed by atoms with Crippen LogP contribution in [-0.4, -0.2) is 23.4 Å². The second-order valence-corrected chi connectivity index (χ2v) is 7.27. The minimum atomic E-state index is 0.0195. The Balaban J connectivity index is 1.90. The number of benzene rings is 1. The Morgan fingerprint density at radius 2 is 1.74 bits per heavy atom. The quantitative estimate of drug-likeness (QED) is 0.713. The molecule has 0 radical (unpaired) electrons. The third kappa shape index (κ3) is 5.93. The van der Waals surface area contributed by atoms with Gasteiger partial charge in [-0.15, -0.1) is 0 Å². The van der Waals surface area contributed by atoms with Crippen LogP contribution in [0.5, 0.6) is 0 Å². The highest BCUT2D eigenvalue weighted by atomic mass is 16.3. The molecule has 2 heteroatoms. The summed E-state index contributed by atoms with van der Waals surface area (Å²) in [5, 5.41) is 18.4. The lowest BCUT2D eigenvalue weighted by Gasteiger charge is -2.22. The number of hydrogen-bond acceptors (Lipinski definition) is 2. The van der Waals surface area contributed by atoms with Gasteiger partial charge in [0.05, 0.1) is 0 Å². The summed E-state index contributed by atoms with van der Waals surface area (Å²) < 4.78 is 0. The average molecular weight is 319 g/mol. The van der Waals surface area contributed by atoms with Crippen LogP contribution in [0.4, 0.5) is 0 Å². The Morgan fingerprint density at radius 3 is 2.39 bits per heavy atom. The number of aryl methyl sites for hydroxylation is 3. The third-order valence-corrected chi connectivity index (χ3v) is 5.56. The molecule has 23 heavy (non-hydrogen) atoms. The maximum Gasteiger partial charge on any atom is 0.0481 e. The predicted octanol–water partition coefficient (Wildman–Crippen LogP) is 4.30. The van der Waals surface area contributed by atoms with Crippen molar-refractivity contribution in [3.05, 3.63) is 34.9 Å². The zero-order valence-corrected chi connectivity index (χ0v) is 14.8. The van der Waals surface area contributed by atoms with E-state index < -0.39 is 0 Å².